The summed E-state index contributed by atoms with van der Waals surface area (Å²) < 4.78 is 16.0. The van der Waals surface area contributed by atoms with Crippen molar-refractivity contribution in [3.63, 3.8) is 0 Å². The number of rotatable bonds is 5. The number of ether oxygens (including phenoxy) is 3. The molecule has 2 heterocycles. The molecule has 0 spiro atoms. The predicted octanol–water partition coefficient (Wildman–Crippen LogP) is 1.93. The third-order valence-corrected chi connectivity index (χ3v) is 5.76. The molecule has 8 nitrogen and oxygen atoms in total. The van der Waals surface area contributed by atoms with Crippen LogP contribution in [0.4, 0.5) is 5.95 Å². The number of methoxy groups -OCH3 is 2. The summed E-state index contributed by atoms with van der Waals surface area (Å²) in [6, 6.07) is 8.52. The topological polar surface area (TPSA) is 94.0 Å². The molecule has 2 aliphatic rings. The highest BCUT2D eigenvalue weighted by molar-refractivity contribution is 5.89. The first-order chi connectivity index (χ1) is 14.1. The van der Waals surface area contributed by atoms with Gasteiger partial charge in [0.05, 0.1) is 25.9 Å². The monoisotopic (exact) mass is 399 g/mol. The lowest BCUT2D eigenvalue weighted by atomic mass is 9.78. The number of carbonyl (C=O) groups is 1. The summed E-state index contributed by atoms with van der Waals surface area (Å²) in [5, 5.41) is 10.6. The minimum atomic E-state index is -0.539. The van der Waals surface area contributed by atoms with Gasteiger partial charge >= 0.3 is 5.97 Å². The highest BCUT2D eigenvalue weighted by Gasteiger charge is 2.43. The highest BCUT2D eigenvalue weighted by Crippen LogP contribution is 2.39. The number of aromatic nitrogens is 2. The molecule has 2 fully saturated rings. The van der Waals surface area contributed by atoms with Crippen LogP contribution in [-0.2, 0) is 4.74 Å². The number of hydrogen-bond acceptors (Lipinski definition) is 8. The number of carbonyl (C=O) groups excluding carboxylic acids is 1. The molecule has 1 saturated heterocycles. The fourth-order valence-corrected chi connectivity index (χ4v) is 4.24. The number of aliphatic hydroxyl groups excluding tert-OH is 1. The molecule has 0 bridgehead atoms. The fraction of sp³-hybridized carbons (Fsp3) is 0.476. The third kappa shape index (κ3) is 4.12. The van der Waals surface area contributed by atoms with Crippen molar-refractivity contribution in [3.8, 4) is 11.6 Å². The Morgan fingerprint density at radius 3 is 2.52 bits per heavy atom. The van der Waals surface area contributed by atoms with Crippen LogP contribution in [0.15, 0.2) is 36.5 Å². The summed E-state index contributed by atoms with van der Waals surface area (Å²) in [5.41, 5.74) is 0.467. The number of benzene rings is 1. The van der Waals surface area contributed by atoms with E-state index < -0.39 is 6.10 Å². The fourth-order valence-electron chi connectivity index (χ4n) is 4.24. The minimum absolute atomic E-state index is 0.286. The lowest BCUT2D eigenvalue weighted by molar-refractivity contribution is -0.0231. The maximum absolute atomic E-state index is 11.6. The standard InChI is InChI=1S/C21H25N3O5/c1-27-19-7-8-22-21(23-19)24-11-14-9-17(25)18(10-15(14)12-24)29-16-5-3-13(4-6-16)20(26)28-2/h3-8,14-15,17-18,25H,9-12H2,1-2H3/t14-,15+,17+,18+/m0/s1. The van der Waals surface area contributed by atoms with Crippen LogP contribution in [0.1, 0.15) is 23.2 Å². The molecule has 1 aliphatic carbocycles. The Bertz CT molecular complexity index is 860. The van der Waals surface area contributed by atoms with Gasteiger partial charge in [0.2, 0.25) is 11.8 Å². The molecular weight excluding hydrogens is 374 g/mol. The molecule has 4 atom stereocenters. The van der Waals surface area contributed by atoms with Crippen LogP contribution in [0.3, 0.4) is 0 Å². The van der Waals surface area contributed by atoms with E-state index in [9.17, 15) is 9.90 Å². The van der Waals surface area contributed by atoms with Crippen molar-refractivity contribution in [1.29, 1.82) is 0 Å². The van der Waals surface area contributed by atoms with E-state index in [2.05, 4.69) is 14.9 Å². The molecule has 0 unspecified atom stereocenters. The number of nitrogens with zero attached hydrogens (tertiary/aromatic N) is 3. The molecule has 1 aromatic carbocycles. The van der Waals surface area contributed by atoms with Crippen molar-refractivity contribution in [2.75, 3.05) is 32.2 Å². The first kappa shape index (κ1) is 19.4. The van der Waals surface area contributed by atoms with Gasteiger partial charge in [-0.3, -0.25) is 0 Å². The van der Waals surface area contributed by atoms with Crippen LogP contribution < -0.4 is 14.4 Å². The zero-order chi connectivity index (χ0) is 20.4. The summed E-state index contributed by atoms with van der Waals surface area (Å²) in [7, 11) is 2.94. The SMILES string of the molecule is COC(=O)c1ccc(O[C@@H]2C[C@@H]3CN(c4nccc(OC)n4)C[C@@H]3C[C@H]2O)cc1. The van der Waals surface area contributed by atoms with Crippen LogP contribution in [-0.4, -0.2) is 60.6 Å². The van der Waals surface area contributed by atoms with E-state index >= 15 is 0 Å². The van der Waals surface area contributed by atoms with Gasteiger partial charge in [0.25, 0.3) is 0 Å². The van der Waals surface area contributed by atoms with Crippen molar-refractivity contribution >= 4 is 11.9 Å². The van der Waals surface area contributed by atoms with Gasteiger partial charge in [0.15, 0.2) is 0 Å². The number of fused-ring (bicyclic) bond motifs is 1. The van der Waals surface area contributed by atoms with E-state index in [1.54, 1.807) is 43.6 Å². The minimum Gasteiger partial charge on any atom is -0.488 e. The van der Waals surface area contributed by atoms with Crippen LogP contribution >= 0.6 is 0 Å². The molecular formula is C21H25N3O5. The largest absolute Gasteiger partial charge is 0.488 e. The summed E-state index contributed by atoms with van der Waals surface area (Å²) >= 11 is 0. The van der Waals surface area contributed by atoms with Crippen molar-refractivity contribution in [3.05, 3.63) is 42.1 Å². The summed E-state index contributed by atoms with van der Waals surface area (Å²) in [6.45, 7) is 1.64. The molecule has 1 N–H and O–H groups in total. The zero-order valence-corrected chi connectivity index (χ0v) is 16.5. The van der Waals surface area contributed by atoms with Gasteiger partial charge in [-0.2, -0.15) is 4.98 Å². The van der Waals surface area contributed by atoms with Gasteiger partial charge in [0, 0.05) is 25.4 Å². The molecule has 4 rings (SSSR count). The number of anilines is 1. The summed E-state index contributed by atoms with van der Waals surface area (Å²) in [5.74, 6) is 2.22. The quantitative estimate of drug-likeness (QED) is 0.763. The highest BCUT2D eigenvalue weighted by atomic mass is 16.5. The smallest absolute Gasteiger partial charge is 0.337 e. The molecule has 1 aliphatic heterocycles. The Morgan fingerprint density at radius 1 is 1.10 bits per heavy atom. The van der Waals surface area contributed by atoms with Crippen LogP contribution in [0.2, 0.25) is 0 Å². The van der Waals surface area contributed by atoms with Gasteiger partial charge < -0.3 is 24.2 Å². The Hall–Kier alpha value is -2.87. The Labute approximate surface area is 169 Å². The van der Waals surface area contributed by atoms with Gasteiger partial charge in [-0.15, -0.1) is 0 Å². The molecule has 0 amide bonds. The van der Waals surface area contributed by atoms with E-state index in [0.717, 1.165) is 19.5 Å². The summed E-state index contributed by atoms with van der Waals surface area (Å²) in [4.78, 5) is 22.5. The number of aliphatic hydroxyl groups is 1. The second-order valence-corrected chi connectivity index (χ2v) is 7.54. The van der Waals surface area contributed by atoms with Crippen LogP contribution in [0.5, 0.6) is 11.6 Å². The summed E-state index contributed by atoms with van der Waals surface area (Å²) in [6.07, 6.45) is 2.30. The van der Waals surface area contributed by atoms with Crippen molar-refractivity contribution in [2.45, 2.75) is 25.0 Å². The van der Waals surface area contributed by atoms with E-state index in [0.29, 0.717) is 41.4 Å². The van der Waals surface area contributed by atoms with Gasteiger partial charge in [-0.25, -0.2) is 9.78 Å². The van der Waals surface area contributed by atoms with Gasteiger partial charge in [-0.1, -0.05) is 0 Å². The maximum atomic E-state index is 11.6. The maximum Gasteiger partial charge on any atom is 0.337 e. The normalized spacial score (nSPS) is 26.0. The van der Waals surface area contributed by atoms with E-state index in [-0.39, 0.29) is 12.1 Å². The number of hydrogen-bond donors (Lipinski definition) is 1. The second-order valence-electron chi connectivity index (χ2n) is 7.54. The van der Waals surface area contributed by atoms with Gasteiger partial charge in [-0.05, 0) is 48.9 Å². The molecule has 29 heavy (non-hydrogen) atoms. The number of esters is 1. The van der Waals surface area contributed by atoms with Crippen LogP contribution in [0, 0.1) is 11.8 Å². The van der Waals surface area contributed by atoms with Crippen molar-refractivity contribution < 1.29 is 24.1 Å². The molecule has 8 heteroatoms. The molecule has 1 aromatic heterocycles. The average Bonchev–Trinajstić information content (AvgIpc) is 3.16. The van der Waals surface area contributed by atoms with E-state index in [4.69, 9.17) is 14.2 Å². The Balaban J connectivity index is 1.40. The second kappa shape index (κ2) is 8.24. The van der Waals surface area contributed by atoms with E-state index in [1.807, 2.05) is 0 Å². The first-order valence-electron chi connectivity index (χ1n) is 9.72. The molecule has 154 valence electrons. The van der Waals surface area contributed by atoms with Crippen LogP contribution in [0.25, 0.3) is 0 Å². The van der Waals surface area contributed by atoms with Crippen molar-refractivity contribution in [2.24, 2.45) is 11.8 Å². The predicted molar refractivity (Wildman–Crippen MR) is 105 cm³/mol. The van der Waals surface area contributed by atoms with Crippen molar-refractivity contribution in [1.82, 2.24) is 9.97 Å². The first-order valence-corrected chi connectivity index (χ1v) is 9.72. The zero-order valence-electron chi connectivity index (χ0n) is 16.5. The van der Waals surface area contributed by atoms with E-state index in [1.165, 1.54) is 7.11 Å². The average molecular weight is 399 g/mol. The molecule has 0 radical (unpaired) electrons. The molecule has 1 saturated carbocycles. The molecule has 2 aromatic rings. The lowest BCUT2D eigenvalue weighted by Gasteiger charge is -2.35. The lowest BCUT2D eigenvalue weighted by Crippen LogP contribution is -2.42. The van der Waals surface area contributed by atoms with Gasteiger partial charge in [0.1, 0.15) is 11.9 Å². The Morgan fingerprint density at radius 2 is 1.83 bits per heavy atom. The third-order valence-electron chi connectivity index (χ3n) is 5.76. The Kier molecular flexibility index (Phi) is 5.53.